The normalized spacial score (nSPS) is 19.1. The van der Waals surface area contributed by atoms with Crippen LogP contribution < -0.4 is 0 Å². The van der Waals surface area contributed by atoms with Crippen molar-refractivity contribution in [2.45, 2.75) is 39.0 Å². The van der Waals surface area contributed by atoms with Crippen molar-refractivity contribution in [3.8, 4) is 0 Å². The van der Waals surface area contributed by atoms with E-state index in [-0.39, 0.29) is 18.4 Å². The Labute approximate surface area is 92.5 Å². The summed E-state index contributed by atoms with van der Waals surface area (Å²) < 4.78 is 0. The minimum atomic E-state index is 0.0540. The summed E-state index contributed by atoms with van der Waals surface area (Å²) in [7, 11) is 1.77. The molecule has 0 bridgehead atoms. The van der Waals surface area contributed by atoms with Crippen molar-refractivity contribution in [3.05, 3.63) is 0 Å². The quantitative estimate of drug-likeness (QED) is 0.754. The first-order valence-electron chi connectivity index (χ1n) is 6.01. The van der Waals surface area contributed by atoms with Crippen molar-refractivity contribution >= 4 is 5.91 Å². The Morgan fingerprint density at radius 3 is 2.60 bits per heavy atom. The number of hydrogen-bond donors (Lipinski definition) is 1. The molecule has 1 amide bonds. The summed E-state index contributed by atoms with van der Waals surface area (Å²) in [5.74, 6) is 1.05. The average molecular weight is 213 g/mol. The maximum atomic E-state index is 11.8. The van der Waals surface area contributed by atoms with Gasteiger partial charge in [-0.05, 0) is 12.3 Å². The molecule has 0 aromatic heterocycles. The number of carbonyl (C=O) groups excluding carboxylic acids is 1. The van der Waals surface area contributed by atoms with E-state index in [0.29, 0.717) is 6.54 Å². The Kier molecular flexibility index (Phi) is 5.09. The highest BCUT2D eigenvalue weighted by Crippen LogP contribution is 2.30. The lowest BCUT2D eigenvalue weighted by Gasteiger charge is -2.22. The highest BCUT2D eigenvalue weighted by molar-refractivity contribution is 5.78. The van der Waals surface area contributed by atoms with Gasteiger partial charge in [0, 0.05) is 19.5 Å². The van der Waals surface area contributed by atoms with Crippen LogP contribution in [0.15, 0.2) is 0 Å². The maximum Gasteiger partial charge on any atom is 0.225 e. The summed E-state index contributed by atoms with van der Waals surface area (Å²) in [6.07, 6.45) is 6.27. The largest absolute Gasteiger partial charge is 0.395 e. The third-order valence-corrected chi connectivity index (χ3v) is 3.39. The van der Waals surface area contributed by atoms with Crippen molar-refractivity contribution in [2.75, 3.05) is 20.2 Å². The summed E-state index contributed by atoms with van der Waals surface area (Å²) in [5, 5.41) is 8.76. The highest BCUT2D eigenvalue weighted by Gasteiger charge is 2.23. The first kappa shape index (κ1) is 12.5. The van der Waals surface area contributed by atoms with Gasteiger partial charge in [-0.1, -0.05) is 32.6 Å². The van der Waals surface area contributed by atoms with Gasteiger partial charge in [-0.25, -0.2) is 0 Å². The van der Waals surface area contributed by atoms with Crippen molar-refractivity contribution in [2.24, 2.45) is 11.8 Å². The molecule has 0 aromatic rings. The number of amides is 1. The molecule has 1 rings (SSSR count). The number of aliphatic hydroxyl groups is 1. The van der Waals surface area contributed by atoms with Gasteiger partial charge in [0.1, 0.15) is 0 Å². The Bertz CT molecular complexity index is 200. The van der Waals surface area contributed by atoms with Gasteiger partial charge in [-0.15, -0.1) is 0 Å². The van der Waals surface area contributed by atoms with Gasteiger partial charge in [-0.2, -0.15) is 0 Å². The average Bonchev–Trinajstić information content (AvgIpc) is 2.69. The molecule has 1 aliphatic rings. The molecular weight excluding hydrogens is 190 g/mol. The predicted molar refractivity (Wildman–Crippen MR) is 60.5 cm³/mol. The maximum absolute atomic E-state index is 11.8. The molecule has 1 atom stereocenters. The van der Waals surface area contributed by atoms with E-state index in [1.807, 2.05) is 6.92 Å². The number of hydrogen-bond acceptors (Lipinski definition) is 2. The van der Waals surface area contributed by atoms with Crippen LogP contribution in [0.25, 0.3) is 0 Å². The lowest BCUT2D eigenvalue weighted by molar-refractivity contribution is -0.134. The smallest absolute Gasteiger partial charge is 0.225 e. The predicted octanol–water partition coefficient (Wildman–Crippen LogP) is 1.65. The molecule has 0 aliphatic heterocycles. The summed E-state index contributed by atoms with van der Waals surface area (Å²) in [6.45, 7) is 2.51. The molecule has 15 heavy (non-hydrogen) atoms. The van der Waals surface area contributed by atoms with Crippen LogP contribution in [0.1, 0.15) is 39.0 Å². The minimum Gasteiger partial charge on any atom is -0.395 e. The molecule has 0 radical (unpaired) electrons. The van der Waals surface area contributed by atoms with Gasteiger partial charge in [-0.3, -0.25) is 4.79 Å². The second-order valence-electron chi connectivity index (χ2n) is 4.77. The van der Waals surface area contributed by atoms with Crippen LogP contribution in [-0.2, 0) is 4.79 Å². The van der Waals surface area contributed by atoms with Gasteiger partial charge in [0.2, 0.25) is 5.91 Å². The zero-order valence-electron chi connectivity index (χ0n) is 9.91. The van der Waals surface area contributed by atoms with Crippen LogP contribution >= 0.6 is 0 Å². The van der Waals surface area contributed by atoms with E-state index >= 15 is 0 Å². The Balaban J connectivity index is 2.31. The second kappa shape index (κ2) is 6.11. The van der Waals surface area contributed by atoms with Crippen molar-refractivity contribution in [1.29, 1.82) is 0 Å². The summed E-state index contributed by atoms with van der Waals surface area (Å²) in [6, 6.07) is 0. The number of likely N-dealkylation sites (N-methyl/N-ethyl adjacent to an activating group) is 1. The van der Waals surface area contributed by atoms with Crippen LogP contribution in [0, 0.1) is 11.8 Å². The van der Waals surface area contributed by atoms with Crippen molar-refractivity contribution < 1.29 is 9.90 Å². The van der Waals surface area contributed by atoms with Crippen LogP contribution in [0.5, 0.6) is 0 Å². The number of aliphatic hydroxyl groups excluding tert-OH is 1. The lowest BCUT2D eigenvalue weighted by Crippen LogP contribution is -2.34. The molecule has 0 spiro atoms. The molecule has 0 aromatic carbocycles. The van der Waals surface area contributed by atoms with Crippen LogP contribution in [-0.4, -0.2) is 36.1 Å². The molecule has 1 N–H and O–H groups in total. The third kappa shape index (κ3) is 3.82. The SMILES string of the molecule is CC(CC1CCCC1)C(=O)N(C)CCO. The molecule has 1 aliphatic carbocycles. The van der Waals surface area contributed by atoms with Crippen molar-refractivity contribution in [1.82, 2.24) is 4.90 Å². The summed E-state index contributed by atoms with van der Waals surface area (Å²) in [4.78, 5) is 13.5. The van der Waals surface area contributed by atoms with E-state index in [0.717, 1.165) is 12.3 Å². The Hall–Kier alpha value is -0.570. The van der Waals surface area contributed by atoms with Gasteiger partial charge >= 0.3 is 0 Å². The fraction of sp³-hybridized carbons (Fsp3) is 0.917. The Morgan fingerprint density at radius 2 is 2.07 bits per heavy atom. The standard InChI is InChI=1S/C12H23NO2/c1-10(9-11-5-3-4-6-11)12(15)13(2)7-8-14/h10-11,14H,3-9H2,1-2H3. The summed E-state index contributed by atoms with van der Waals surface area (Å²) >= 11 is 0. The van der Waals surface area contributed by atoms with E-state index in [1.165, 1.54) is 25.7 Å². The minimum absolute atomic E-state index is 0.0540. The van der Waals surface area contributed by atoms with Gasteiger partial charge < -0.3 is 10.0 Å². The van der Waals surface area contributed by atoms with Crippen molar-refractivity contribution in [3.63, 3.8) is 0 Å². The monoisotopic (exact) mass is 213 g/mol. The van der Waals surface area contributed by atoms with E-state index in [9.17, 15) is 4.79 Å². The van der Waals surface area contributed by atoms with Gasteiger partial charge in [0.05, 0.1) is 6.61 Å². The van der Waals surface area contributed by atoms with E-state index < -0.39 is 0 Å². The fourth-order valence-electron chi connectivity index (χ4n) is 2.48. The van der Waals surface area contributed by atoms with E-state index in [4.69, 9.17) is 5.11 Å². The summed E-state index contributed by atoms with van der Waals surface area (Å²) in [5.41, 5.74) is 0. The van der Waals surface area contributed by atoms with E-state index in [1.54, 1.807) is 11.9 Å². The van der Waals surface area contributed by atoms with Gasteiger partial charge in [0.25, 0.3) is 0 Å². The van der Waals surface area contributed by atoms with Crippen LogP contribution in [0.3, 0.4) is 0 Å². The molecule has 1 fully saturated rings. The second-order valence-corrected chi connectivity index (χ2v) is 4.77. The zero-order valence-corrected chi connectivity index (χ0v) is 9.91. The number of rotatable bonds is 5. The molecule has 0 heterocycles. The number of carbonyl (C=O) groups is 1. The molecule has 1 saturated carbocycles. The first-order chi connectivity index (χ1) is 7.15. The first-order valence-corrected chi connectivity index (χ1v) is 6.01. The molecular formula is C12H23NO2. The third-order valence-electron chi connectivity index (χ3n) is 3.39. The topological polar surface area (TPSA) is 40.5 Å². The fourth-order valence-corrected chi connectivity index (χ4v) is 2.48. The molecule has 1 unspecified atom stereocenters. The van der Waals surface area contributed by atoms with E-state index in [2.05, 4.69) is 0 Å². The molecule has 3 heteroatoms. The molecule has 3 nitrogen and oxygen atoms in total. The lowest BCUT2D eigenvalue weighted by atomic mass is 9.94. The molecule has 0 saturated heterocycles. The van der Waals surface area contributed by atoms with Gasteiger partial charge in [0.15, 0.2) is 0 Å². The highest BCUT2D eigenvalue weighted by atomic mass is 16.3. The Morgan fingerprint density at radius 1 is 1.47 bits per heavy atom. The number of nitrogens with zero attached hydrogens (tertiary/aromatic N) is 1. The molecule has 88 valence electrons. The van der Waals surface area contributed by atoms with Crippen LogP contribution in [0.2, 0.25) is 0 Å². The van der Waals surface area contributed by atoms with Crippen LogP contribution in [0.4, 0.5) is 0 Å². The zero-order chi connectivity index (χ0) is 11.3.